The first-order valence-electron chi connectivity index (χ1n) is 5.60. The summed E-state index contributed by atoms with van der Waals surface area (Å²) < 4.78 is 31.2. The Bertz CT molecular complexity index is 557. The molecular weight excluding hydrogens is 270 g/mol. The van der Waals surface area contributed by atoms with Crippen LogP contribution in [0.3, 0.4) is 0 Å². The Morgan fingerprint density at radius 1 is 1.42 bits per heavy atom. The Kier molecular flexibility index (Phi) is 5.28. The van der Waals surface area contributed by atoms with Gasteiger partial charge in [0, 0.05) is 6.54 Å². The number of primary amides is 1. The highest BCUT2D eigenvalue weighted by Gasteiger charge is 2.18. The second-order valence-electron chi connectivity index (χ2n) is 3.77. The Labute approximate surface area is 112 Å². The van der Waals surface area contributed by atoms with Crippen molar-refractivity contribution in [2.45, 2.75) is 11.3 Å². The first-order valence-corrected chi connectivity index (χ1v) is 7.08. The molecule has 1 rings (SSSR count). The summed E-state index contributed by atoms with van der Waals surface area (Å²) in [7, 11) is -2.31. The summed E-state index contributed by atoms with van der Waals surface area (Å²) in [6.07, 6.45) is 0.526. The summed E-state index contributed by atoms with van der Waals surface area (Å²) in [5.74, 6) is -0.524. The van der Waals surface area contributed by atoms with E-state index in [9.17, 15) is 13.2 Å². The van der Waals surface area contributed by atoms with Gasteiger partial charge in [0.25, 0.3) is 5.91 Å². The molecule has 0 aliphatic heterocycles. The maximum absolute atomic E-state index is 11.9. The molecule has 0 unspecified atom stereocenters. The van der Waals surface area contributed by atoms with Gasteiger partial charge in [0.15, 0.2) is 0 Å². The van der Waals surface area contributed by atoms with Gasteiger partial charge in [0.2, 0.25) is 10.0 Å². The Morgan fingerprint density at radius 3 is 2.63 bits per heavy atom. The monoisotopic (exact) mass is 287 g/mol. The smallest absolute Gasteiger partial charge is 0.252 e. The molecule has 0 bridgehead atoms. The molecule has 19 heavy (non-hydrogen) atoms. The third kappa shape index (κ3) is 3.91. The fourth-order valence-electron chi connectivity index (χ4n) is 1.44. The van der Waals surface area contributed by atoms with Gasteiger partial charge in [-0.3, -0.25) is 4.79 Å². The van der Waals surface area contributed by atoms with Crippen LogP contribution >= 0.6 is 0 Å². The summed E-state index contributed by atoms with van der Waals surface area (Å²) in [5.41, 5.74) is 10.5. The minimum absolute atomic E-state index is 0.0178. The Balaban J connectivity index is 3.07. The molecule has 0 saturated heterocycles. The molecule has 0 aromatic heterocycles. The molecule has 7 nitrogen and oxygen atoms in total. The number of methoxy groups -OCH3 is 1. The summed E-state index contributed by atoms with van der Waals surface area (Å²) in [6, 6.07) is 3.92. The molecule has 0 heterocycles. The number of carbonyl (C=O) groups is 1. The van der Waals surface area contributed by atoms with Crippen LogP contribution in [0.25, 0.3) is 0 Å². The maximum atomic E-state index is 11.9. The number of ether oxygens (including phenoxy) is 1. The molecular formula is C11H17N3O4S. The van der Waals surface area contributed by atoms with Gasteiger partial charge in [-0.1, -0.05) is 0 Å². The zero-order chi connectivity index (χ0) is 14.5. The minimum atomic E-state index is -3.68. The van der Waals surface area contributed by atoms with Crippen molar-refractivity contribution < 1.29 is 17.9 Å². The second kappa shape index (κ2) is 6.50. The van der Waals surface area contributed by atoms with Gasteiger partial charge in [-0.15, -0.1) is 0 Å². The van der Waals surface area contributed by atoms with E-state index in [1.54, 1.807) is 0 Å². The van der Waals surface area contributed by atoms with Gasteiger partial charge >= 0.3 is 0 Å². The lowest BCUT2D eigenvalue weighted by Gasteiger charge is -2.09. The molecule has 0 spiro atoms. The van der Waals surface area contributed by atoms with E-state index in [1.807, 2.05) is 0 Å². The number of nitrogens with one attached hydrogen (secondary N) is 1. The van der Waals surface area contributed by atoms with Crippen molar-refractivity contribution in [2.75, 3.05) is 20.2 Å². The first-order chi connectivity index (χ1) is 8.92. The van der Waals surface area contributed by atoms with E-state index in [0.717, 1.165) is 0 Å². The van der Waals surface area contributed by atoms with Gasteiger partial charge in [0.05, 0.1) is 17.6 Å². The second-order valence-corrected chi connectivity index (χ2v) is 5.53. The highest BCUT2D eigenvalue weighted by atomic mass is 32.2. The molecule has 5 N–H and O–H groups in total. The van der Waals surface area contributed by atoms with E-state index < -0.39 is 15.9 Å². The number of carbonyl (C=O) groups excluding carboxylic acids is 1. The highest BCUT2D eigenvalue weighted by Crippen LogP contribution is 2.21. The van der Waals surface area contributed by atoms with Gasteiger partial charge in [-0.05, 0) is 31.2 Å². The fourth-order valence-corrected chi connectivity index (χ4v) is 2.54. The van der Waals surface area contributed by atoms with Gasteiger partial charge < -0.3 is 16.2 Å². The van der Waals surface area contributed by atoms with Gasteiger partial charge in [-0.25, -0.2) is 13.1 Å². The van der Waals surface area contributed by atoms with Crippen molar-refractivity contribution in [3.8, 4) is 5.75 Å². The zero-order valence-corrected chi connectivity index (χ0v) is 11.4. The van der Waals surface area contributed by atoms with Crippen LogP contribution in [0.15, 0.2) is 23.1 Å². The van der Waals surface area contributed by atoms with Crippen molar-refractivity contribution >= 4 is 15.9 Å². The summed E-state index contributed by atoms with van der Waals surface area (Å²) >= 11 is 0. The number of rotatable bonds is 7. The predicted octanol–water partition coefficient (Wildman–Crippen LogP) is -0.579. The maximum Gasteiger partial charge on any atom is 0.252 e. The van der Waals surface area contributed by atoms with Crippen LogP contribution in [0.2, 0.25) is 0 Å². The van der Waals surface area contributed by atoms with Crippen molar-refractivity contribution in [3.05, 3.63) is 23.8 Å². The minimum Gasteiger partial charge on any atom is -0.496 e. The van der Waals surface area contributed by atoms with E-state index >= 15 is 0 Å². The first kappa shape index (κ1) is 15.4. The number of hydrogen-bond donors (Lipinski definition) is 3. The van der Waals surface area contributed by atoms with Crippen molar-refractivity contribution in [3.63, 3.8) is 0 Å². The molecule has 0 aliphatic rings. The average Bonchev–Trinajstić information content (AvgIpc) is 2.38. The van der Waals surface area contributed by atoms with Crippen LogP contribution < -0.4 is 20.9 Å². The number of hydrogen-bond acceptors (Lipinski definition) is 5. The zero-order valence-electron chi connectivity index (χ0n) is 10.5. The summed E-state index contributed by atoms with van der Waals surface area (Å²) in [4.78, 5) is 11.2. The highest BCUT2D eigenvalue weighted by molar-refractivity contribution is 7.89. The van der Waals surface area contributed by atoms with Crippen molar-refractivity contribution in [1.29, 1.82) is 0 Å². The lowest BCUT2D eigenvalue weighted by atomic mass is 10.2. The molecule has 1 aromatic carbocycles. The summed E-state index contributed by atoms with van der Waals surface area (Å²) in [5, 5.41) is 0. The molecule has 0 radical (unpaired) electrons. The normalized spacial score (nSPS) is 11.3. The van der Waals surface area contributed by atoms with Crippen LogP contribution in [-0.2, 0) is 10.0 Å². The molecule has 1 aromatic rings. The fraction of sp³-hybridized carbons (Fsp3) is 0.364. The Morgan fingerprint density at radius 2 is 2.11 bits per heavy atom. The molecule has 8 heteroatoms. The third-order valence-corrected chi connectivity index (χ3v) is 3.88. The van der Waals surface area contributed by atoms with Crippen molar-refractivity contribution in [2.24, 2.45) is 11.5 Å². The molecule has 0 saturated carbocycles. The molecule has 106 valence electrons. The van der Waals surface area contributed by atoms with E-state index in [4.69, 9.17) is 16.2 Å². The molecule has 0 fully saturated rings. The third-order valence-electron chi connectivity index (χ3n) is 2.42. The molecule has 1 amide bonds. The topological polar surface area (TPSA) is 125 Å². The number of nitrogens with two attached hydrogens (primary N) is 2. The lowest BCUT2D eigenvalue weighted by Crippen LogP contribution is -2.26. The SMILES string of the molecule is COc1ccc(S(=O)(=O)NCCCN)cc1C(N)=O. The standard InChI is InChI=1S/C11H17N3O4S/c1-18-10-4-3-8(7-9(10)11(13)15)19(16,17)14-6-2-5-12/h3-4,7,14H,2,5-6,12H2,1H3,(H2,13,15). The van der Waals surface area contributed by atoms with Crippen LogP contribution in [0, 0.1) is 0 Å². The van der Waals surface area contributed by atoms with Crippen LogP contribution in [-0.4, -0.2) is 34.5 Å². The van der Waals surface area contributed by atoms with Crippen LogP contribution in [0.4, 0.5) is 0 Å². The number of sulfonamides is 1. The van der Waals surface area contributed by atoms with E-state index in [0.29, 0.717) is 13.0 Å². The molecule has 0 atom stereocenters. The van der Waals surface area contributed by atoms with Gasteiger partial charge in [0.1, 0.15) is 5.75 Å². The predicted molar refractivity (Wildman–Crippen MR) is 70.4 cm³/mol. The van der Waals surface area contributed by atoms with E-state index in [2.05, 4.69) is 4.72 Å². The summed E-state index contributed by atoms with van der Waals surface area (Å²) in [6.45, 7) is 0.619. The average molecular weight is 287 g/mol. The van der Waals surface area contributed by atoms with Gasteiger partial charge in [-0.2, -0.15) is 0 Å². The number of benzene rings is 1. The number of amides is 1. The van der Waals surface area contributed by atoms with Crippen LogP contribution in [0.5, 0.6) is 5.75 Å². The Hall–Kier alpha value is -1.64. The lowest BCUT2D eigenvalue weighted by molar-refractivity contribution is 0.0997. The van der Waals surface area contributed by atoms with Crippen molar-refractivity contribution in [1.82, 2.24) is 4.72 Å². The van der Waals surface area contributed by atoms with E-state index in [1.165, 1.54) is 25.3 Å². The largest absolute Gasteiger partial charge is 0.496 e. The van der Waals surface area contributed by atoms with Crippen LogP contribution in [0.1, 0.15) is 16.8 Å². The molecule has 0 aliphatic carbocycles. The van der Waals surface area contributed by atoms with E-state index in [-0.39, 0.29) is 22.8 Å². The quantitative estimate of drug-likeness (QED) is 0.579.